The molecule has 0 unspecified atom stereocenters. The highest BCUT2D eigenvalue weighted by atomic mass is 19.1. The standard InChI is InChI=1S/C22H24FNO2/c1-3-22(4-2)15-19(18-7-5-6-8-20(18)26-22)24-21(25)14-11-16-9-12-17(23)13-10-16/h5-14,19H,3-4,15H2,1-2H3,(H,24,25)/b14-11+/t19-/m1/s1. The molecule has 1 aliphatic heterocycles. The molecule has 0 saturated carbocycles. The molecule has 1 heterocycles. The Hall–Kier alpha value is -2.62. The van der Waals surface area contributed by atoms with E-state index in [1.54, 1.807) is 18.2 Å². The molecule has 3 nitrogen and oxygen atoms in total. The van der Waals surface area contributed by atoms with E-state index in [-0.39, 0.29) is 23.4 Å². The van der Waals surface area contributed by atoms with Crippen LogP contribution >= 0.6 is 0 Å². The van der Waals surface area contributed by atoms with Gasteiger partial charge in [0.2, 0.25) is 5.91 Å². The molecule has 0 fully saturated rings. The Morgan fingerprint density at radius 2 is 1.88 bits per heavy atom. The van der Waals surface area contributed by atoms with Crippen molar-refractivity contribution in [2.45, 2.75) is 44.8 Å². The number of nitrogens with one attached hydrogen (secondary N) is 1. The molecule has 1 atom stereocenters. The summed E-state index contributed by atoms with van der Waals surface area (Å²) in [6.45, 7) is 4.23. The van der Waals surface area contributed by atoms with Gasteiger partial charge in [-0.25, -0.2) is 4.39 Å². The monoisotopic (exact) mass is 353 g/mol. The molecule has 0 bridgehead atoms. The molecular formula is C22H24FNO2. The number of amides is 1. The van der Waals surface area contributed by atoms with Crippen molar-refractivity contribution in [1.82, 2.24) is 5.32 Å². The Kier molecular flexibility index (Phi) is 5.40. The SMILES string of the molecule is CCC1(CC)C[C@@H](NC(=O)/C=C/c2ccc(F)cc2)c2ccccc2O1. The third-order valence-electron chi connectivity index (χ3n) is 5.10. The largest absolute Gasteiger partial charge is 0.487 e. The van der Waals surface area contributed by atoms with E-state index in [2.05, 4.69) is 19.2 Å². The van der Waals surface area contributed by atoms with Crippen LogP contribution in [0.5, 0.6) is 5.75 Å². The molecule has 0 saturated heterocycles. The van der Waals surface area contributed by atoms with Gasteiger partial charge in [0.05, 0.1) is 6.04 Å². The minimum atomic E-state index is -0.291. The number of fused-ring (bicyclic) bond motifs is 1. The van der Waals surface area contributed by atoms with Crippen LogP contribution in [0.15, 0.2) is 54.6 Å². The molecule has 26 heavy (non-hydrogen) atoms. The van der Waals surface area contributed by atoms with Crippen LogP contribution in [-0.2, 0) is 4.79 Å². The maximum absolute atomic E-state index is 13.0. The van der Waals surface area contributed by atoms with Gasteiger partial charge in [-0.2, -0.15) is 0 Å². The van der Waals surface area contributed by atoms with E-state index in [4.69, 9.17) is 4.74 Å². The van der Waals surface area contributed by atoms with Crippen LogP contribution in [0.25, 0.3) is 6.08 Å². The Morgan fingerprint density at radius 3 is 2.58 bits per heavy atom. The minimum absolute atomic E-state index is 0.0924. The summed E-state index contributed by atoms with van der Waals surface area (Å²) in [7, 11) is 0. The van der Waals surface area contributed by atoms with Gasteiger partial charge in [0, 0.05) is 18.1 Å². The molecule has 136 valence electrons. The number of rotatable bonds is 5. The molecule has 0 spiro atoms. The summed E-state index contributed by atoms with van der Waals surface area (Å²) in [5, 5.41) is 3.10. The summed E-state index contributed by atoms with van der Waals surface area (Å²) in [5.41, 5.74) is 1.53. The smallest absolute Gasteiger partial charge is 0.244 e. The Morgan fingerprint density at radius 1 is 1.19 bits per heavy atom. The fraction of sp³-hybridized carbons (Fsp3) is 0.318. The quantitative estimate of drug-likeness (QED) is 0.765. The predicted octanol–water partition coefficient (Wildman–Crippen LogP) is 5.04. The van der Waals surface area contributed by atoms with E-state index in [1.165, 1.54) is 18.2 Å². The molecule has 1 N–H and O–H groups in total. The van der Waals surface area contributed by atoms with Gasteiger partial charge < -0.3 is 10.1 Å². The third-order valence-corrected chi connectivity index (χ3v) is 5.10. The van der Waals surface area contributed by atoms with Gasteiger partial charge in [0.15, 0.2) is 0 Å². The van der Waals surface area contributed by atoms with Crippen molar-refractivity contribution in [3.63, 3.8) is 0 Å². The number of benzene rings is 2. The van der Waals surface area contributed by atoms with Gasteiger partial charge in [-0.1, -0.05) is 44.2 Å². The fourth-order valence-corrected chi connectivity index (χ4v) is 3.40. The lowest BCUT2D eigenvalue weighted by molar-refractivity contribution is -0.117. The Balaban J connectivity index is 1.77. The number of para-hydroxylation sites is 1. The van der Waals surface area contributed by atoms with Crippen LogP contribution < -0.4 is 10.1 Å². The molecule has 1 aliphatic rings. The van der Waals surface area contributed by atoms with Crippen LogP contribution in [-0.4, -0.2) is 11.5 Å². The normalized spacial score (nSPS) is 18.2. The number of hydrogen-bond acceptors (Lipinski definition) is 2. The van der Waals surface area contributed by atoms with E-state index in [9.17, 15) is 9.18 Å². The first-order valence-corrected chi connectivity index (χ1v) is 9.07. The van der Waals surface area contributed by atoms with Crippen LogP contribution in [0.1, 0.15) is 50.3 Å². The van der Waals surface area contributed by atoms with E-state index in [0.717, 1.165) is 36.1 Å². The van der Waals surface area contributed by atoms with Crippen LogP contribution in [0, 0.1) is 5.82 Å². The molecule has 0 aliphatic carbocycles. The number of carbonyl (C=O) groups excluding carboxylic acids is 1. The van der Waals surface area contributed by atoms with Gasteiger partial charge in [-0.15, -0.1) is 0 Å². The van der Waals surface area contributed by atoms with E-state index < -0.39 is 0 Å². The minimum Gasteiger partial charge on any atom is -0.487 e. The lowest BCUT2D eigenvalue weighted by Gasteiger charge is -2.41. The van der Waals surface area contributed by atoms with Gasteiger partial charge in [0.1, 0.15) is 17.2 Å². The van der Waals surface area contributed by atoms with Crippen molar-refractivity contribution < 1.29 is 13.9 Å². The fourth-order valence-electron chi connectivity index (χ4n) is 3.40. The Labute approximate surface area is 153 Å². The highest BCUT2D eigenvalue weighted by Crippen LogP contribution is 2.42. The number of ether oxygens (including phenoxy) is 1. The van der Waals surface area contributed by atoms with Crippen LogP contribution in [0.4, 0.5) is 4.39 Å². The molecule has 0 radical (unpaired) electrons. The summed E-state index contributed by atoms with van der Waals surface area (Å²) < 4.78 is 19.2. The second-order valence-electron chi connectivity index (χ2n) is 6.68. The van der Waals surface area contributed by atoms with Crippen molar-refractivity contribution in [3.8, 4) is 5.75 Å². The number of carbonyl (C=O) groups is 1. The zero-order chi connectivity index (χ0) is 18.6. The van der Waals surface area contributed by atoms with E-state index in [1.807, 2.05) is 24.3 Å². The molecule has 2 aromatic rings. The molecule has 3 rings (SSSR count). The second kappa shape index (κ2) is 7.73. The number of hydrogen-bond donors (Lipinski definition) is 1. The lowest BCUT2D eigenvalue weighted by Crippen LogP contribution is -2.44. The van der Waals surface area contributed by atoms with E-state index in [0.29, 0.717) is 0 Å². The first-order chi connectivity index (χ1) is 12.5. The van der Waals surface area contributed by atoms with Crippen molar-refractivity contribution >= 4 is 12.0 Å². The molecular weight excluding hydrogens is 329 g/mol. The van der Waals surface area contributed by atoms with Crippen molar-refractivity contribution in [2.24, 2.45) is 0 Å². The average molecular weight is 353 g/mol. The molecule has 2 aromatic carbocycles. The van der Waals surface area contributed by atoms with Gasteiger partial charge >= 0.3 is 0 Å². The topological polar surface area (TPSA) is 38.3 Å². The van der Waals surface area contributed by atoms with Gasteiger partial charge in [-0.05, 0) is 42.7 Å². The molecule has 4 heteroatoms. The van der Waals surface area contributed by atoms with Crippen molar-refractivity contribution in [2.75, 3.05) is 0 Å². The summed E-state index contributed by atoms with van der Waals surface area (Å²) in [4.78, 5) is 12.4. The lowest BCUT2D eigenvalue weighted by atomic mass is 9.83. The van der Waals surface area contributed by atoms with Gasteiger partial charge in [0.25, 0.3) is 0 Å². The Bertz CT molecular complexity index is 794. The number of halogens is 1. The summed E-state index contributed by atoms with van der Waals surface area (Å²) in [6.07, 6.45) is 5.69. The molecule has 1 amide bonds. The van der Waals surface area contributed by atoms with E-state index >= 15 is 0 Å². The zero-order valence-electron chi connectivity index (χ0n) is 15.2. The van der Waals surface area contributed by atoms with Crippen LogP contribution in [0.2, 0.25) is 0 Å². The second-order valence-corrected chi connectivity index (χ2v) is 6.68. The summed E-state index contributed by atoms with van der Waals surface area (Å²) in [6, 6.07) is 13.8. The maximum atomic E-state index is 13.0. The first-order valence-electron chi connectivity index (χ1n) is 9.07. The zero-order valence-corrected chi connectivity index (χ0v) is 15.2. The van der Waals surface area contributed by atoms with Crippen molar-refractivity contribution in [3.05, 3.63) is 71.6 Å². The van der Waals surface area contributed by atoms with Crippen LogP contribution in [0.3, 0.4) is 0 Å². The maximum Gasteiger partial charge on any atom is 0.244 e. The van der Waals surface area contributed by atoms with Gasteiger partial charge in [-0.3, -0.25) is 4.79 Å². The summed E-state index contributed by atoms with van der Waals surface area (Å²) >= 11 is 0. The third kappa shape index (κ3) is 3.96. The summed E-state index contributed by atoms with van der Waals surface area (Å²) in [5.74, 6) is 0.383. The predicted molar refractivity (Wildman–Crippen MR) is 101 cm³/mol. The highest BCUT2D eigenvalue weighted by molar-refractivity contribution is 5.92. The highest BCUT2D eigenvalue weighted by Gasteiger charge is 2.38. The van der Waals surface area contributed by atoms with Crippen molar-refractivity contribution in [1.29, 1.82) is 0 Å². The first kappa shape index (κ1) is 18.2. The molecule has 0 aromatic heterocycles. The average Bonchev–Trinajstić information content (AvgIpc) is 2.67.